The summed E-state index contributed by atoms with van der Waals surface area (Å²) in [6, 6.07) is 14.4. The predicted octanol–water partition coefficient (Wildman–Crippen LogP) is 9.16. The molecule has 0 aliphatic rings. The van der Waals surface area contributed by atoms with E-state index in [0.717, 1.165) is 28.7 Å². The van der Waals surface area contributed by atoms with Crippen molar-refractivity contribution in [3.8, 4) is 17.0 Å². The number of oxazole rings is 1. The van der Waals surface area contributed by atoms with Crippen molar-refractivity contribution in [3.05, 3.63) is 70.8 Å². The highest BCUT2D eigenvalue weighted by molar-refractivity contribution is 9.69. The molecule has 0 saturated carbocycles. The second kappa shape index (κ2) is 17.1. The molecule has 0 spiro atoms. The first kappa shape index (κ1) is 30.5. The Morgan fingerprint density at radius 2 is 1.35 bits per heavy atom. The summed E-state index contributed by atoms with van der Waals surface area (Å²) in [5.41, 5.74) is 5.71. The predicted molar refractivity (Wildman–Crippen MR) is 148 cm³/mol. The molecule has 1 heterocycles. The van der Waals surface area contributed by atoms with Crippen molar-refractivity contribution in [2.75, 3.05) is 12.4 Å². The number of alkyl halides is 2. The summed E-state index contributed by atoms with van der Waals surface area (Å²) in [4.78, 5) is 4.34. The van der Waals surface area contributed by atoms with Gasteiger partial charge >= 0.3 is 3.18 Å². The van der Waals surface area contributed by atoms with Gasteiger partial charge in [0.2, 0.25) is 0 Å². The number of halogens is 5. The molecule has 170 valence electrons. The molecule has 0 unspecified atom stereocenters. The van der Waals surface area contributed by atoms with Crippen LogP contribution in [0, 0.1) is 34.6 Å². The number of hydrogen-bond acceptors (Lipinski definition) is 3. The van der Waals surface area contributed by atoms with Gasteiger partial charge in [-0.1, -0.05) is 48.0 Å². The number of aromatic nitrogens is 1. The number of nitrogens with zero attached hydrogens (tertiary/aromatic N) is 1. The van der Waals surface area contributed by atoms with Crippen LogP contribution in [0.1, 0.15) is 28.3 Å². The fraction of sp³-hybridized carbons (Fsp3) is 0.318. The van der Waals surface area contributed by atoms with Gasteiger partial charge in [0.25, 0.3) is 0 Å². The Labute approximate surface area is 221 Å². The van der Waals surface area contributed by atoms with E-state index in [-0.39, 0.29) is 8.52 Å². The van der Waals surface area contributed by atoms with Crippen LogP contribution in [0.25, 0.3) is 11.3 Å². The highest BCUT2D eigenvalue weighted by Gasteiger charge is 2.08. The number of benzene rings is 2. The Kier molecular flexibility index (Phi) is 16.8. The maximum Gasteiger partial charge on any atom is 0.369 e. The molecular weight excluding hydrogens is 632 g/mol. The zero-order chi connectivity index (χ0) is 24.0. The lowest BCUT2D eigenvalue weighted by atomic mass is 10.1. The molecule has 3 aromatic rings. The van der Waals surface area contributed by atoms with Gasteiger partial charge in [-0.05, 0) is 38.8 Å². The van der Waals surface area contributed by atoms with E-state index in [1.165, 1.54) is 16.7 Å². The third-order valence-electron chi connectivity index (χ3n) is 3.84. The number of rotatable bonds is 2. The van der Waals surface area contributed by atoms with Gasteiger partial charge in [0.05, 0.1) is 12.4 Å². The number of aryl methyl sites for hydroxylation is 5. The lowest BCUT2D eigenvalue weighted by molar-refractivity contribution is 0.408. The molecule has 0 N–H and O–H groups in total. The minimum Gasteiger partial charge on any atom is -0.496 e. The van der Waals surface area contributed by atoms with Crippen LogP contribution in [0.2, 0.25) is 0 Å². The Hall–Kier alpha value is -0.465. The molecule has 9 heteroatoms. The topological polar surface area (TPSA) is 35.3 Å². The second-order valence-corrected chi connectivity index (χ2v) is 13.5. The molecule has 2 aromatic carbocycles. The summed E-state index contributed by atoms with van der Waals surface area (Å²) >= 11 is 18.8. The zero-order valence-electron chi connectivity index (χ0n) is 18.5. The minimum atomic E-state index is 0.194. The van der Waals surface area contributed by atoms with E-state index in [1.807, 2.05) is 45.9 Å². The average Bonchev–Trinajstić information content (AvgIpc) is 3.01. The van der Waals surface area contributed by atoms with Gasteiger partial charge in [-0.25, -0.2) is 4.98 Å². The van der Waals surface area contributed by atoms with Crippen molar-refractivity contribution in [1.29, 1.82) is 0 Å². The maximum atomic E-state index is 5.39. The van der Waals surface area contributed by atoms with Crippen LogP contribution in [-0.2, 0) is 0 Å². The first-order valence-electron chi connectivity index (χ1n) is 9.22. The van der Waals surface area contributed by atoms with E-state index in [0.29, 0.717) is 0 Å². The first-order valence-corrected chi connectivity index (χ1v) is 13.0. The van der Waals surface area contributed by atoms with Crippen LogP contribution in [0.4, 0.5) is 0 Å². The smallest absolute Gasteiger partial charge is 0.369 e. The lowest BCUT2D eigenvalue weighted by Gasteiger charge is -2.06. The van der Waals surface area contributed by atoms with Crippen molar-refractivity contribution < 1.29 is 9.15 Å². The van der Waals surface area contributed by atoms with Gasteiger partial charge in [-0.3, -0.25) is 0 Å². The molecule has 1 aromatic heterocycles. The molecule has 0 fully saturated rings. The monoisotopic (exact) mass is 655 g/mol. The third kappa shape index (κ3) is 13.0. The Morgan fingerprint density at radius 3 is 1.68 bits per heavy atom. The molecule has 0 amide bonds. The molecule has 0 saturated heterocycles. The zero-order valence-corrected chi connectivity index (χ0v) is 24.7. The SMILES string of the molecule is BrB(Br)Br.COc1c(C)cccc1C.Cc1ccc(-c2nc(C)oc2C)cc1.ClCCl. The highest BCUT2D eigenvalue weighted by Crippen LogP contribution is 2.23. The summed E-state index contributed by atoms with van der Waals surface area (Å²) in [5, 5.41) is 0.194. The van der Waals surface area contributed by atoms with Crippen molar-refractivity contribution >= 4 is 73.7 Å². The molecule has 0 aliphatic heterocycles. The highest BCUT2D eigenvalue weighted by atomic mass is 79.9. The standard InChI is InChI=1S/C12H13NO.C9H12O.CH2Cl2.BBr3/c1-8-4-6-11(7-5-8)12-9(2)14-10(3)13-12;1-7-5-4-6-8(2)9(7)10-3;2-1-3;2-1(3)4/h4-7H,1-3H3;4-6H,1-3H3;1H2;. The number of hydrogen-bond donors (Lipinski definition) is 0. The van der Waals surface area contributed by atoms with E-state index < -0.39 is 0 Å². The fourth-order valence-corrected chi connectivity index (χ4v) is 2.63. The molecular formula is C22H27BBr3Cl2NO2. The molecule has 31 heavy (non-hydrogen) atoms. The van der Waals surface area contributed by atoms with Crippen molar-refractivity contribution in [2.24, 2.45) is 0 Å². The summed E-state index contributed by atoms with van der Waals surface area (Å²) in [7, 11) is 1.70. The quantitative estimate of drug-likeness (QED) is 0.204. The number of ether oxygens (including phenoxy) is 1. The van der Waals surface area contributed by atoms with Crippen molar-refractivity contribution in [3.63, 3.8) is 0 Å². The third-order valence-corrected chi connectivity index (χ3v) is 3.84. The lowest BCUT2D eigenvalue weighted by Crippen LogP contribution is -1.89. The normalized spacial score (nSPS) is 9.26. The summed E-state index contributed by atoms with van der Waals surface area (Å²) in [6.45, 7) is 9.97. The largest absolute Gasteiger partial charge is 0.496 e. The van der Waals surface area contributed by atoms with Crippen LogP contribution >= 0.6 is 70.5 Å². The molecule has 3 nitrogen and oxygen atoms in total. The van der Waals surface area contributed by atoms with Crippen LogP contribution in [0.3, 0.4) is 0 Å². The maximum absolute atomic E-state index is 5.39. The van der Waals surface area contributed by atoms with Crippen LogP contribution in [0.15, 0.2) is 46.9 Å². The first-order chi connectivity index (χ1) is 14.6. The summed E-state index contributed by atoms with van der Waals surface area (Å²) in [6.07, 6.45) is 0. The van der Waals surface area contributed by atoms with E-state index >= 15 is 0 Å². The van der Waals surface area contributed by atoms with Gasteiger partial charge in [0, 0.05) is 12.5 Å². The Balaban J connectivity index is 0.000000462. The molecule has 0 aliphatic carbocycles. The van der Waals surface area contributed by atoms with Crippen molar-refractivity contribution in [2.45, 2.75) is 34.6 Å². The number of para-hydroxylation sites is 1. The van der Waals surface area contributed by atoms with Crippen LogP contribution < -0.4 is 4.74 Å². The van der Waals surface area contributed by atoms with E-state index in [9.17, 15) is 0 Å². The number of methoxy groups -OCH3 is 1. The van der Waals surface area contributed by atoms with Crippen molar-refractivity contribution in [1.82, 2.24) is 4.98 Å². The van der Waals surface area contributed by atoms with Gasteiger partial charge in [-0.15, -0.1) is 70.5 Å². The molecule has 3 rings (SSSR count). The van der Waals surface area contributed by atoms with Gasteiger partial charge in [0.15, 0.2) is 5.89 Å². The average molecular weight is 659 g/mol. The van der Waals surface area contributed by atoms with Crippen LogP contribution in [0.5, 0.6) is 5.75 Å². The summed E-state index contributed by atoms with van der Waals surface area (Å²) in [5.74, 6) is 2.60. The fourth-order valence-electron chi connectivity index (χ4n) is 2.63. The van der Waals surface area contributed by atoms with Gasteiger partial charge < -0.3 is 9.15 Å². The van der Waals surface area contributed by atoms with E-state index in [1.54, 1.807) is 7.11 Å². The molecule has 0 atom stereocenters. The molecule has 0 bridgehead atoms. The Bertz CT molecular complexity index is 868. The minimum absolute atomic E-state index is 0.194. The van der Waals surface area contributed by atoms with Gasteiger partial charge in [-0.2, -0.15) is 0 Å². The summed E-state index contributed by atoms with van der Waals surface area (Å²) < 4.78 is 10.8. The van der Waals surface area contributed by atoms with E-state index in [2.05, 4.69) is 83.4 Å². The second-order valence-electron chi connectivity index (χ2n) is 6.28. The van der Waals surface area contributed by atoms with Crippen LogP contribution in [-0.4, -0.2) is 20.6 Å². The van der Waals surface area contributed by atoms with Gasteiger partial charge in [0.1, 0.15) is 17.2 Å². The molecule has 0 radical (unpaired) electrons. The Morgan fingerprint density at radius 1 is 0.903 bits per heavy atom. The van der Waals surface area contributed by atoms with E-state index in [4.69, 9.17) is 32.4 Å².